The Balaban J connectivity index is 1.65. The number of nitrogens with one attached hydrogen (secondary N) is 1. The van der Waals surface area contributed by atoms with Gasteiger partial charge in [0.1, 0.15) is 6.54 Å². The molecule has 5 nitrogen and oxygen atoms in total. The van der Waals surface area contributed by atoms with Crippen molar-refractivity contribution in [1.29, 1.82) is 0 Å². The van der Waals surface area contributed by atoms with E-state index in [-0.39, 0.29) is 17.3 Å². The van der Waals surface area contributed by atoms with Crippen LogP contribution in [0.4, 0.5) is 5.69 Å². The Labute approximate surface area is 201 Å². The topological polar surface area (TPSA) is 66.5 Å². The normalized spacial score (nSPS) is 11.2. The van der Waals surface area contributed by atoms with E-state index >= 15 is 0 Å². The Bertz CT molecular complexity index is 1190. The smallest absolute Gasteiger partial charge is 0.264 e. The number of hydrogen-bond donors (Lipinski definition) is 1. The number of sulfonamides is 1. The van der Waals surface area contributed by atoms with Gasteiger partial charge < -0.3 is 5.32 Å². The van der Waals surface area contributed by atoms with Gasteiger partial charge in [0.2, 0.25) is 5.91 Å². The molecule has 0 unspecified atom stereocenters. The van der Waals surface area contributed by atoms with Crippen molar-refractivity contribution in [2.24, 2.45) is 0 Å². The van der Waals surface area contributed by atoms with E-state index in [9.17, 15) is 13.2 Å². The average Bonchev–Trinajstić information content (AvgIpc) is 2.78. The van der Waals surface area contributed by atoms with Gasteiger partial charge in [-0.25, -0.2) is 8.42 Å². The molecular weight excluding hydrogens is 452 g/mol. The summed E-state index contributed by atoms with van der Waals surface area (Å²) in [6, 6.07) is 22.2. The minimum atomic E-state index is -3.90. The number of thioether (sulfide) groups is 1. The van der Waals surface area contributed by atoms with Gasteiger partial charge in [-0.1, -0.05) is 65.7 Å². The molecule has 1 N–H and O–H groups in total. The molecule has 1 amide bonds. The zero-order valence-electron chi connectivity index (χ0n) is 19.2. The number of nitrogens with zero attached hydrogens (tertiary/aromatic N) is 1. The van der Waals surface area contributed by atoms with Crippen LogP contribution in [0.5, 0.6) is 0 Å². The van der Waals surface area contributed by atoms with Gasteiger partial charge in [0.15, 0.2) is 0 Å². The summed E-state index contributed by atoms with van der Waals surface area (Å²) < 4.78 is 28.1. The van der Waals surface area contributed by atoms with Crippen LogP contribution >= 0.6 is 11.8 Å². The van der Waals surface area contributed by atoms with Crippen molar-refractivity contribution in [3.8, 4) is 0 Å². The summed E-state index contributed by atoms with van der Waals surface area (Å²) in [5.41, 5.74) is 4.74. The second kappa shape index (κ2) is 11.4. The van der Waals surface area contributed by atoms with Crippen molar-refractivity contribution in [2.75, 3.05) is 23.1 Å². The van der Waals surface area contributed by atoms with Gasteiger partial charge in [-0.15, -0.1) is 0 Å². The molecule has 0 radical (unpaired) electrons. The maximum Gasteiger partial charge on any atom is 0.264 e. The number of carbonyl (C=O) groups is 1. The van der Waals surface area contributed by atoms with Gasteiger partial charge in [-0.2, -0.15) is 11.8 Å². The summed E-state index contributed by atoms with van der Waals surface area (Å²) in [6.07, 6.45) is 0. The van der Waals surface area contributed by atoms with E-state index < -0.39 is 10.0 Å². The summed E-state index contributed by atoms with van der Waals surface area (Å²) in [5, 5.41) is 2.87. The lowest BCUT2D eigenvalue weighted by Crippen LogP contribution is -2.41. The summed E-state index contributed by atoms with van der Waals surface area (Å²) >= 11 is 1.73. The average molecular weight is 483 g/mol. The molecule has 0 bridgehead atoms. The van der Waals surface area contributed by atoms with E-state index in [0.29, 0.717) is 12.2 Å². The quantitative estimate of drug-likeness (QED) is 0.419. The molecule has 3 aromatic rings. The number of aryl methyl sites for hydroxylation is 3. The summed E-state index contributed by atoms with van der Waals surface area (Å²) in [5.74, 6) is 1.29. The molecule has 3 aromatic carbocycles. The second-order valence-electron chi connectivity index (χ2n) is 8.00. The van der Waals surface area contributed by atoms with Crippen molar-refractivity contribution in [1.82, 2.24) is 5.32 Å². The summed E-state index contributed by atoms with van der Waals surface area (Å²) in [4.78, 5) is 12.9. The number of anilines is 1. The molecule has 0 aromatic heterocycles. The maximum absolute atomic E-state index is 13.4. The van der Waals surface area contributed by atoms with E-state index in [4.69, 9.17) is 0 Å². The molecule has 174 valence electrons. The van der Waals surface area contributed by atoms with Crippen LogP contribution in [0.2, 0.25) is 0 Å². The zero-order valence-corrected chi connectivity index (χ0v) is 20.9. The lowest BCUT2D eigenvalue weighted by Gasteiger charge is -2.25. The third-order valence-electron chi connectivity index (χ3n) is 5.20. The molecule has 0 saturated carbocycles. The highest BCUT2D eigenvalue weighted by Gasteiger charge is 2.28. The summed E-state index contributed by atoms with van der Waals surface area (Å²) in [7, 11) is -3.90. The fraction of sp³-hybridized carbons (Fsp3) is 0.269. The van der Waals surface area contributed by atoms with E-state index in [1.165, 1.54) is 15.4 Å². The lowest BCUT2D eigenvalue weighted by molar-refractivity contribution is -0.119. The lowest BCUT2D eigenvalue weighted by atomic mass is 10.2. The first kappa shape index (κ1) is 24.9. The number of rotatable bonds is 10. The molecule has 0 fully saturated rings. The molecule has 0 aliphatic heterocycles. The van der Waals surface area contributed by atoms with Gasteiger partial charge in [0, 0.05) is 18.1 Å². The van der Waals surface area contributed by atoms with E-state index in [1.54, 1.807) is 48.2 Å². The first-order valence-electron chi connectivity index (χ1n) is 10.8. The molecule has 7 heteroatoms. The van der Waals surface area contributed by atoms with Crippen LogP contribution in [0.3, 0.4) is 0 Å². The number of para-hydroxylation sites is 1. The molecular formula is C26H30N2O3S2. The largest absolute Gasteiger partial charge is 0.354 e. The molecule has 0 aliphatic carbocycles. The number of amides is 1. The molecule has 0 heterocycles. The Morgan fingerprint density at radius 1 is 0.909 bits per heavy atom. The fourth-order valence-corrected chi connectivity index (χ4v) is 5.71. The van der Waals surface area contributed by atoms with Crippen LogP contribution in [0.15, 0.2) is 77.7 Å². The Hall–Kier alpha value is -2.77. The minimum Gasteiger partial charge on any atom is -0.354 e. The van der Waals surface area contributed by atoms with Crippen LogP contribution in [-0.2, 0) is 20.6 Å². The SMILES string of the molecule is Cc1ccc(S(=O)(=O)N(CC(=O)NCCSCc2cccc(C)c2)c2ccccc2C)cc1. The molecule has 0 saturated heterocycles. The number of carbonyl (C=O) groups excluding carboxylic acids is 1. The number of hydrogen-bond acceptors (Lipinski definition) is 4. The predicted octanol–water partition coefficient (Wildman–Crippen LogP) is 4.86. The Morgan fingerprint density at radius 2 is 1.64 bits per heavy atom. The first-order chi connectivity index (χ1) is 15.8. The van der Waals surface area contributed by atoms with Crippen molar-refractivity contribution < 1.29 is 13.2 Å². The Kier molecular flexibility index (Phi) is 8.58. The second-order valence-corrected chi connectivity index (χ2v) is 11.0. The van der Waals surface area contributed by atoms with Crippen LogP contribution < -0.4 is 9.62 Å². The molecule has 0 atom stereocenters. The predicted molar refractivity (Wildman–Crippen MR) is 137 cm³/mol. The molecule has 0 spiro atoms. The third kappa shape index (κ3) is 6.85. The molecule has 3 rings (SSSR count). The van der Waals surface area contributed by atoms with Gasteiger partial charge in [0.05, 0.1) is 10.6 Å². The van der Waals surface area contributed by atoms with Crippen LogP contribution in [0.25, 0.3) is 0 Å². The standard InChI is InChI=1S/C26H30N2O3S2/c1-20-11-13-24(14-12-20)33(30,31)28(25-10-5-4-8-22(25)3)18-26(29)27-15-16-32-19-23-9-6-7-21(2)17-23/h4-14,17H,15-16,18-19H2,1-3H3,(H,27,29). The highest BCUT2D eigenvalue weighted by Crippen LogP contribution is 2.26. The van der Waals surface area contributed by atoms with Gasteiger partial charge in [-0.3, -0.25) is 9.10 Å². The fourth-order valence-electron chi connectivity index (χ4n) is 3.42. The zero-order chi connectivity index (χ0) is 23.8. The number of benzene rings is 3. The first-order valence-corrected chi connectivity index (χ1v) is 13.4. The van der Waals surface area contributed by atoms with E-state index in [1.807, 2.05) is 32.0 Å². The Morgan fingerprint density at radius 3 is 2.33 bits per heavy atom. The summed E-state index contributed by atoms with van der Waals surface area (Å²) in [6.45, 7) is 6.01. The monoisotopic (exact) mass is 482 g/mol. The van der Waals surface area contributed by atoms with Crippen LogP contribution in [0, 0.1) is 20.8 Å². The van der Waals surface area contributed by atoms with Crippen molar-refractivity contribution in [3.63, 3.8) is 0 Å². The van der Waals surface area contributed by atoms with Gasteiger partial charge in [0.25, 0.3) is 10.0 Å². The molecule has 33 heavy (non-hydrogen) atoms. The highest BCUT2D eigenvalue weighted by molar-refractivity contribution is 7.98. The highest BCUT2D eigenvalue weighted by atomic mass is 32.2. The third-order valence-corrected chi connectivity index (χ3v) is 8.00. The van der Waals surface area contributed by atoms with E-state index in [2.05, 4.69) is 30.4 Å². The van der Waals surface area contributed by atoms with E-state index in [0.717, 1.165) is 22.6 Å². The van der Waals surface area contributed by atoms with Crippen LogP contribution in [0.1, 0.15) is 22.3 Å². The van der Waals surface area contributed by atoms with Crippen molar-refractivity contribution >= 4 is 33.4 Å². The van der Waals surface area contributed by atoms with Gasteiger partial charge in [-0.05, 0) is 50.1 Å². The maximum atomic E-state index is 13.4. The van der Waals surface area contributed by atoms with Gasteiger partial charge >= 0.3 is 0 Å². The minimum absolute atomic E-state index is 0.165. The van der Waals surface area contributed by atoms with Crippen molar-refractivity contribution in [2.45, 2.75) is 31.4 Å². The molecule has 0 aliphatic rings. The van der Waals surface area contributed by atoms with Crippen LogP contribution in [-0.4, -0.2) is 33.2 Å². The van der Waals surface area contributed by atoms with Crippen molar-refractivity contribution in [3.05, 3.63) is 95.1 Å².